The van der Waals surface area contributed by atoms with Gasteiger partial charge in [-0.1, -0.05) is 78.3 Å². The second kappa shape index (κ2) is 9.28. The van der Waals surface area contributed by atoms with Crippen molar-refractivity contribution in [3.8, 4) is 0 Å². The smallest absolute Gasteiger partial charge is 0.407 e. The summed E-state index contributed by atoms with van der Waals surface area (Å²) in [6.45, 7) is 2.56. The third-order valence-electron chi connectivity index (χ3n) is 5.60. The topological polar surface area (TPSA) is 56.7 Å². The molecule has 30 heavy (non-hydrogen) atoms. The second-order valence-corrected chi connectivity index (χ2v) is 7.92. The maximum Gasteiger partial charge on any atom is 0.407 e. The van der Waals surface area contributed by atoms with E-state index in [1.165, 1.54) is 5.56 Å². The molecule has 154 valence electrons. The predicted octanol–water partition coefficient (Wildman–Crippen LogP) is 4.73. The summed E-state index contributed by atoms with van der Waals surface area (Å²) in [7, 11) is 0. The van der Waals surface area contributed by atoms with Gasteiger partial charge in [0.05, 0.1) is 11.7 Å². The Morgan fingerprint density at radius 2 is 1.70 bits per heavy atom. The van der Waals surface area contributed by atoms with Gasteiger partial charge in [-0.15, -0.1) is 0 Å². The number of pyridine rings is 1. The van der Waals surface area contributed by atoms with E-state index in [0.717, 1.165) is 17.8 Å². The van der Waals surface area contributed by atoms with Gasteiger partial charge in [0, 0.05) is 32.1 Å². The first kappa shape index (κ1) is 20.4. The molecule has 1 aliphatic rings. The zero-order chi connectivity index (χ0) is 20.9. The average Bonchev–Trinajstić information content (AvgIpc) is 2.75. The largest absolute Gasteiger partial charge is 0.465 e. The maximum absolute atomic E-state index is 12.1. The number of benzene rings is 2. The van der Waals surface area contributed by atoms with Crippen LogP contribution in [-0.2, 0) is 6.54 Å². The van der Waals surface area contributed by atoms with Crippen molar-refractivity contribution in [1.29, 1.82) is 0 Å². The molecule has 1 amide bonds. The number of aromatic nitrogens is 1. The van der Waals surface area contributed by atoms with Crippen LogP contribution in [0, 0.1) is 0 Å². The van der Waals surface area contributed by atoms with Crippen LogP contribution >= 0.6 is 11.6 Å². The van der Waals surface area contributed by atoms with Gasteiger partial charge in [-0.05, 0) is 23.3 Å². The molecular formula is C24H24ClN3O2. The molecule has 2 atom stereocenters. The highest BCUT2D eigenvalue weighted by Gasteiger charge is 2.38. The zero-order valence-electron chi connectivity index (χ0n) is 16.6. The third-order valence-corrected chi connectivity index (χ3v) is 5.81. The molecule has 6 heteroatoms. The third kappa shape index (κ3) is 4.64. The normalized spacial score (nSPS) is 18.2. The summed E-state index contributed by atoms with van der Waals surface area (Å²) in [4.78, 5) is 20.6. The molecule has 1 fully saturated rings. The molecule has 2 heterocycles. The van der Waals surface area contributed by atoms with Gasteiger partial charge < -0.3 is 10.0 Å². The molecule has 1 unspecified atom stereocenters. The molecule has 1 aliphatic heterocycles. The molecule has 0 bridgehead atoms. The lowest BCUT2D eigenvalue weighted by molar-refractivity contribution is 0.0577. The Labute approximate surface area is 181 Å². The van der Waals surface area contributed by atoms with E-state index in [1.54, 1.807) is 11.0 Å². The lowest BCUT2D eigenvalue weighted by Crippen LogP contribution is -2.56. The van der Waals surface area contributed by atoms with Crippen LogP contribution in [-0.4, -0.2) is 51.7 Å². The molecule has 0 saturated carbocycles. The number of hydrogen-bond donors (Lipinski definition) is 1. The van der Waals surface area contributed by atoms with Crippen LogP contribution in [0.3, 0.4) is 0 Å². The monoisotopic (exact) mass is 421 g/mol. The van der Waals surface area contributed by atoms with Crippen LogP contribution in [0.1, 0.15) is 22.7 Å². The fraction of sp³-hybridized carbons (Fsp3) is 0.250. The molecule has 1 N–H and O–H groups in total. The van der Waals surface area contributed by atoms with Gasteiger partial charge in [-0.2, -0.15) is 0 Å². The number of carbonyl (C=O) groups is 1. The highest BCUT2D eigenvalue weighted by atomic mass is 35.5. The van der Waals surface area contributed by atoms with Crippen molar-refractivity contribution in [3.05, 3.63) is 101 Å². The molecule has 0 aliphatic carbocycles. The summed E-state index contributed by atoms with van der Waals surface area (Å²) in [5.74, 6) is -0.209. The Kier molecular flexibility index (Phi) is 6.31. The van der Waals surface area contributed by atoms with Crippen LogP contribution in [0.15, 0.2) is 78.9 Å². The molecule has 0 spiro atoms. The maximum atomic E-state index is 12.1. The van der Waals surface area contributed by atoms with Crippen molar-refractivity contribution < 1.29 is 9.90 Å². The number of carboxylic acid groups (broad SMARTS) is 1. The predicted molar refractivity (Wildman–Crippen MR) is 118 cm³/mol. The van der Waals surface area contributed by atoms with Crippen molar-refractivity contribution in [2.75, 3.05) is 19.6 Å². The number of nitrogens with zero attached hydrogens (tertiary/aromatic N) is 3. The van der Waals surface area contributed by atoms with Crippen molar-refractivity contribution in [2.24, 2.45) is 0 Å². The lowest BCUT2D eigenvalue weighted by Gasteiger charge is -2.43. The van der Waals surface area contributed by atoms with E-state index in [1.807, 2.05) is 60.7 Å². The number of rotatable bonds is 5. The Hall–Kier alpha value is -2.89. The van der Waals surface area contributed by atoms with E-state index in [4.69, 9.17) is 11.6 Å². The van der Waals surface area contributed by atoms with Gasteiger partial charge in [0.2, 0.25) is 0 Å². The highest BCUT2D eigenvalue weighted by Crippen LogP contribution is 2.33. The highest BCUT2D eigenvalue weighted by molar-refractivity contribution is 6.29. The Balaban J connectivity index is 1.70. The first-order valence-electron chi connectivity index (χ1n) is 10.0. The van der Waals surface area contributed by atoms with E-state index < -0.39 is 6.09 Å². The summed E-state index contributed by atoms with van der Waals surface area (Å²) >= 11 is 6.20. The SMILES string of the molecule is O=C(O)N1CCN(Cc2ccccc2)C[C@H]1C(c1ccccc1)c1cccc(Cl)n1. The van der Waals surface area contributed by atoms with E-state index in [-0.39, 0.29) is 12.0 Å². The number of amides is 1. The second-order valence-electron chi connectivity index (χ2n) is 7.54. The summed E-state index contributed by atoms with van der Waals surface area (Å²) in [6.07, 6.45) is -0.901. The van der Waals surface area contributed by atoms with Crippen molar-refractivity contribution in [2.45, 2.75) is 18.5 Å². The number of halogens is 1. The van der Waals surface area contributed by atoms with Crippen LogP contribution < -0.4 is 0 Å². The fourth-order valence-electron chi connectivity index (χ4n) is 4.23. The van der Waals surface area contributed by atoms with Crippen molar-refractivity contribution in [1.82, 2.24) is 14.8 Å². The quantitative estimate of drug-likeness (QED) is 0.605. The average molecular weight is 422 g/mol. The molecule has 1 aromatic heterocycles. The molecule has 3 aromatic rings. The minimum absolute atomic E-state index is 0.209. The molecule has 1 saturated heterocycles. The summed E-state index contributed by atoms with van der Waals surface area (Å²) in [6, 6.07) is 25.5. The lowest BCUT2D eigenvalue weighted by atomic mass is 9.85. The number of piperazine rings is 1. The van der Waals surface area contributed by atoms with Crippen LogP contribution in [0.2, 0.25) is 5.15 Å². The summed E-state index contributed by atoms with van der Waals surface area (Å²) < 4.78 is 0. The van der Waals surface area contributed by atoms with E-state index in [0.29, 0.717) is 24.8 Å². The van der Waals surface area contributed by atoms with Gasteiger partial charge in [0.1, 0.15) is 5.15 Å². The van der Waals surface area contributed by atoms with E-state index >= 15 is 0 Å². The van der Waals surface area contributed by atoms with Gasteiger partial charge in [0.15, 0.2) is 0 Å². The molecule has 5 nitrogen and oxygen atoms in total. The van der Waals surface area contributed by atoms with Gasteiger partial charge in [-0.25, -0.2) is 9.78 Å². The Bertz CT molecular complexity index is 984. The van der Waals surface area contributed by atoms with Gasteiger partial charge in [-0.3, -0.25) is 4.90 Å². The molecule has 0 radical (unpaired) electrons. The standard InChI is InChI=1S/C24H24ClN3O2/c25-22-13-7-12-20(26-22)23(19-10-5-2-6-11-19)21-17-27(14-15-28(21)24(29)30)16-18-8-3-1-4-9-18/h1-13,21,23H,14-17H2,(H,29,30)/t21-,23?/m0/s1. The fourth-order valence-corrected chi connectivity index (χ4v) is 4.40. The first-order chi connectivity index (χ1) is 14.6. The number of hydrogen-bond acceptors (Lipinski definition) is 3. The molecule has 4 rings (SSSR count). The summed E-state index contributed by atoms with van der Waals surface area (Å²) in [5, 5.41) is 10.4. The summed E-state index contributed by atoms with van der Waals surface area (Å²) in [5.41, 5.74) is 3.04. The van der Waals surface area contributed by atoms with Crippen molar-refractivity contribution >= 4 is 17.7 Å². The molecular weight excluding hydrogens is 398 g/mol. The molecule has 2 aromatic carbocycles. The van der Waals surface area contributed by atoms with Crippen molar-refractivity contribution in [3.63, 3.8) is 0 Å². The minimum Gasteiger partial charge on any atom is -0.465 e. The zero-order valence-corrected chi connectivity index (χ0v) is 17.3. The minimum atomic E-state index is -0.901. The first-order valence-corrected chi connectivity index (χ1v) is 10.4. The van der Waals surface area contributed by atoms with Crippen LogP contribution in [0.5, 0.6) is 0 Å². The van der Waals surface area contributed by atoms with Gasteiger partial charge in [0.25, 0.3) is 0 Å². The van der Waals surface area contributed by atoms with E-state index in [2.05, 4.69) is 22.0 Å². The Morgan fingerprint density at radius 3 is 2.37 bits per heavy atom. The van der Waals surface area contributed by atoms with Gasteiger partial charge >= 0.3 is 6.09 Å². The van der Waals surface area contributed by atoms with Crippen LogP contribution in [0.25, 0.3) is 0 Å². The Morgan fingerprint density at radius 1 is 1.00 bits per heavy atom. The van der Waals surface area contributed by atoms with Crippen LogP contribution in [0.4, 0.5) is 4.79 Å². The van der Waals surface area contributed by atoms with E-state index in [9.17, 15) is 9.90 Å².